The molecule has 0 aliphatic rings. The molecule has 1 aromatic rings. The van der Waals surface area contributed by atoms with E-state index in [1.165, 1.54) is 25.5 Å². The molecule has 2 heteroatoms. The fourth-order valence-corrected chi connectivity index (χ4v) is 1.35. The minimum Gasteiger partial charge on any atom is -0.262 e. The summed E-state index contributed by atoms with van der Waals surface area (Å²) in [6, 6.07) is 1.77. The molecule has 0 N–H and O–H groups in total. The van der Waals surface area contributed by atoms with Crippen molar-refractivity contribution < 1.29 is 4.39 Å². The van der Waals surface area contributed by atoms with Crippen molar-refractivity contribution in [2.45, 2.75) is 39.0 Å². The lowest BCUT2D eigenvalue weighted by atomic mass is 10.1. The van der Waals surface area contributed by atoms with Crippen molar-refractivity contribution in [3.8, 4) is 0 Å². The molecule has 0 aliphatic carbocycles. The Balaban J connectivity index is 2.32. The first-order valence-electron chi connectivity index (χ1n) is 4.93. The Bertz CT molecular complexity index is 248. The summed E-state index contributed by atoms with van der Waals surface area (Å²) >= 11 is 0. The molecule has 1 heterocycles. The van der Waals surface area contributed by atoms with E-state index in [4.69, 9.17) is 0 Å². The highest BCUT2D eigenvalue weighted by molar-refractivity contribution is 5.12. The number of rotatable bonds is 5. The van der Waals surface area contributed by atoms with Gasteiger partial charge in [0, 0.05) is 6.20 Å². The maximum Gasteiger partial charge on any atom is 0.144 e. The zero-order chi connectivity index (χ0) is 9.52. The van der Waals surface area contributed by atoms with E-state index in [2.05, 4.69) is 11.9 Å². The average molecular weight is 181 g/mol. The van der Waals surface area contributed by atoms with Crippen molar-refractivity contribution in [2.24, 2.45) is 0 Å². The van der Waals surface area contributed by atoms with Gasteiger partial charge in [0.2, 0.25) is 0 Å². The fraction of sp³-hybridized carbons (Fsp3) is 0.545. The van der Waals surface area contributed by atoms with Crippen LogP contribution in [0.5, 0.6) is 0 Å². The molecular formula is C11H16FN. The molecule has 1 rings (SSSR count). The van der Waals surface area contributed by atoms with Crippen LogP contribution in [0.3, 0.4) is 0 Å². The fourth-order valence-electron chi connectivity index (χ4n) is 1.35. The zero-order valence-corrected chi connectivity index (χ0v) is 8.09. The lowest BCUT2D eigenvalue weighted by molar-refractivity contribution is 0.588. The van der Waals surface area contributed by atoms with E-state index < -0.39 is 0 Å². The molecule has 0 saturated carbocycles. The van der Waals surface area contributed by atoms with Crippen LogP contribution in [0.1, 0.15) is 38.2 Å². The first-order chi connectivity index (χ1) is 6.34. The molecule has 0 bridgehead atoms. The van der Waals surface area contributed by atoms with Crippen LogP contribution in [-0.4, -0.2) is 4.98 Å². The number of unbranched alkanes of at least 4 members (excludes halogenated alkanes) is 3. The Morgan fingerprint density at radius 2 is 2.15 bits per heavy atom. The number of pyridine rings is 1. The number of aryl methyl sites for hydroxylation is 1. The predicted octanol–water partition coefficient (Wildman–Crippen LogP) is 3.34. The topological polar surface area (TPSA) is 12.9 Å². The lowest BCUT2D eigenvalue weighted by Crippen LogP contribution is -1.91. The summed E-state index contributed by atoms with van der Waals surface area (Å²) in [6.07, 6.45) is 8.51. The van der Waals surface area contributed by atoms with E-state index in [9.17, 15) is 4.39 Å². The van der Waals surface area contributed by atoms with Gasteiger partial charge in [0.05, 0.1) is 6.20 Å². The number of hydrogen-bond donors (Lipinski definition) is 0. The molecule has 1 nitrogen and oxygen atoms in total. The molecule has 0 amide bonds. The van der Waals surface area contributed by atoms with Crippen molar-refractivity contribution in [3.63, 3.8) is 0 Å². The molecular weight excluding hydrogens is 165 g/mol. The first-order valence-corrected chi connectivity index (χ1v) is 4.93. The molecule has 0 aromatic carbocycles. The van der Waals surface area contributed by atoms with Crippen LogP contribution in [0.4, 0.5) is 4.39 Å². The first kappa shape index (κ1) is 10.2. The Kier molecular flexibility index (Phi) is 4.44. The Morgan fingerprint density at radius 3 is 2.85 bits per heavy atom. The van der Waals surface area contributed by atoms with Crippen LogP contribution in [0, 0.1) is 5.82 Å². The number of nitrogens with zero attached hydrogens (tertiary/aromatic N) is 1. The third-order valence-corrected chi connectivity index (χ3v) is 2.16. The molecule has 0 saturated heterocycles. The van der Waals surface area contributed by atoms with E-state index in [-0.39, 0.29) is 5.82 Å². The standard InChI is InChI=1S/C11H16FN/c1-2-3-4-5-6-10-7-8-13-9-11(10)12/h7-9H,2-6H2,1H3. The maximum absolute atomic E-state index is 13.0. The van der Waals surface area contributed by atoms with E-state index in [0.717, 1.165) is 18.4 Å². The van der Waals surface area contributed by atoms with E-state index in [0.29, 0.717) is 0 Å². The van der Waals surface area contributed by atoms with Crippen molar-refractivity contribution in [2.75, 3.05) is 0 Å². The highest BCUT2D eigenvalue weighted by Crippen LogP contribution is 2.10. The molecule has 0 unspecified atom stereocenters. The smallest absolute Gasteiger partial charge is 0.144 e. The van der Waals surface area contributed by atoms with Gasteiger partial charge in [0.25, 0.3) is 0 Å². The molecule has 0 aliphatic heterocycles. The Hall–Kier alpha value is -0.920. The summed E-state index contributed by atoms with van der Waals surface area (Å²) in [5.41, 5.74) is 0.797. The summed E-state index contributed by atoms with van der Waals surface area (Å²) in [4.78, 5) is 3.71. The summed E-state index contributed by atoms with van der Waals surface area (Å²) < 4.78 is 13.0. The second-order valence-electron chi connectivity index (χ2n) is 3.28. The van der Waals surface area contributed by atoms with E-state index in [1.54, 1.807) is 12.3 Å². The monoisotopic (exact) mass is 181 g/mol. The van der Waals surface area contributed by atoms with Gasteiger partial charge in [-0.3, -0.25) is 4.98 Å². The average Bonchev–Trinajstić information content (AvgIpc) is 2.15. The molecule has 0 fully saturated rings. The Morgan fingerprint density at radius 1 is 1.31 bits per heavy atom. The van der Waals surface area contributed by atoms with Crippen LogP contribution in [0.2, 0.25) is 0 Å². The molecule has 13 heavy (non-hydrogen) atoms. The SMILES string of the molecule is CCCCCCc1ccncc1F. The van der Waals surface area contributed by atoms with Crippen molar-refractivity contribution in [1.82, 2.24) is 4.98 Å². The zero-order valence-electron chi connectivity index (χ0n) is 8.09. The van der Waals surface area contributed by atoms with Gasteiger partial charge in [-0.2, -0.15) is 0 Å². The van der Waals surface area contributed by atoms with Gasteiger partial charge < -0.3 is 0 Å². The van der Waals surface area contributed by atoms with Gasteiger partial charge in [0.15, 0.2) is 0 Å². The predicted molar refractivity (Wildman–Crippen MR) is 52.0 cm³/mol. The number of halogens is 1. The quantitative estimate of drug-likeness (QED) is 0.635. The third-order valence-electron chi connectivity index (χ3n) is 2.16. The highest BCUT2D eigenvalue weighted by Gasteiger charge is 1.99. The van der Waals surface area contributed by atoms with Crippen LogP contribution in [0.25, 0.3) is 0 Å². The van der Waals surface area contributed by atoms with Crippen LogP contribution >= 0.6 is 0 Å². The summed E-state index contributed by atoms with van der Waals surface area (Å²) in [7, 11) is 0. The summed E-state index contributed by atoms with van der Waals surface area (Å²) in [6.45, 7) is 2.17. The van der Waals surface area contributed by atoms with E-state index in [1.807, 2.05) is 0 Å². The molecule has 0 radical (unpaired) electrons. The van der Waals surface area contributed by atoms with Crippen LogP contribution < -0.4 is 0 Å². The van der Waals surface area contributed by atoms with Crippen LogP contribution in [-0.2, 0) is 6.42 Å². The summed E-state index contributed by atoms with van der Waals surface area (Å²) in [5, 5.41) is 0. The van der Waals surface area contributed by atoms with Crippen LogP contribution in [0.15, 0.2) is 18.5 Å². The van der Waals surface area contributed by atoms with Gasteiger partial charge in [-0.25, -0.2) is 4.39 Å². The minimum atomic E-state index is -0.168. The maximum atomic E-state index is 13.0. The second-order valence-corrected chi connectivity index (χ2v) is 3.28. The lowest BCUT2D eigenvalue weighted by Gasteiger charge is -2.01. The largest absolute Gasteiger partial charge is 0.262 e. The number of hydrogen-bond acceptors (Lipinski definition) is 1. The molecule has 72 valence electrons. The van der Waals surface area contributed by atoms with E-state index >= 15 is 0 Å². The second kappa shape index (κ2) is 5.68. The minimum absolute atomic E-state index is 0.168. The Labute approximate surface area is 79.0 Å². The molecule has 0 spiro atoms. The normalized spacial score (nSPS) is 10.3. The van der Waals surface area contributed by atoms with Gasteiger partial charge in [-0.1, -0.05) is 26.2 Å². The van der Waals surface area contributed by atoms with Crippen molar-refractivity contribution in [1.29, 1.82) is 0 Å². The summed E-state index contributed by atoms with van der Waals surface area (Å²) in [5.74, 6) is -0.168. The van der Waals surface area contributed by atoms with Crippen molar-refractivity contribution in [3.05, 3.63) is 29.8 Å². The van der Waals surface area contributed by atoms with Gasteiger partial charge in [-0.05, 0) is 24.5 Å². The van der Waals surface area contributed by atoms with Gasteiger partial charge >= 0.3 is 0 Å². The van der Waals surface area contributed by atoms with Gasteiger partial charge in [-0.15, -0.1) is 0 Å². The van der Waals surface area contributed by atoms with Crippen molar-refractivity contribution >= 4 is 0 Å². The molecule has 1 aromatic heterocycles. The third kappa shape index (κ3) is 3.53. The molecule has 0 atom stereocenters. The van der Waals surface area contributed by atoms with Gasteiger partial charge in [0.1, 0.15) is 5.82 Å². The highest BCUT2D eigenvalue weighted by atomic mass is 19.1. The number of aromatic nitrogens is 1.